The summed E-state index contributed by atoms with van der Waals surface area (Å²) < 4.78 is 10.2. The molecule has 3 N–H and O–H groups in total. The number of carbonyl (C=O) groups excluding carboxylic acids is 1. The maximum atomic E-state index is 10.9. The van der Waals surface area contributed by atoms with Crippen LogP contribution < -0.4 is 20.5 Å². The molecule has 0 atom stereocenters. The summed E-state index contributed by atoms with van der Waals surface area (Å²) in [4.78, 5) is 21.4. The predicted molar refractivity (Wildman–Crippen MR) is 77.4 cm³/mol. The Kier molecular flexibility index (Phi) is 5.15. The Morgan fingerprint density at radius 1 is 1.33 bits per heavy atom. The number of likely N-dealkylation sites (tertiary alicyclic amines) is 1. The molecule has 2 heterocycles. The number of hydrogen-bond acceptors (Lipinski definition) is 7. The molecule has 0 aromatic carbocycles. The first-order valence-electron chi connectivity index (χ1n) is 6.85. The van der Waals surface area contributed by atoms with E-state index < -0.39 is 0 Å². The van der Waals surface area contributed by atoms with Gasteiger partial charge in [-0.15, -0.1) is 0 Å². The molecule has 1 aromatic heterocycles. The first-order valence-corrected chi connectivity index (χ1v) is 6.85. The summed E-state index contributed by atoms with van der Waals surface area (Å²) in [6.45, 7) is 1.96. The number of ether oxygens (including phenoxy) is 2. The van der Waals surface area contributed by atoms with Crippen molar-refractivity contribution in [2.75, 3.05) is 39.2 Å². The molecule has 1 aliphatic rings. The normalized spacial score (nSPS) is 16.5. The van der Waals surface area contributed by atoms with Crippen LogP contribution in [-0.4, -0.2) is 60.7 Å². The van der Waals surface area contributed by atoms with E-state index in [1.165, 1.54) is 0 Å². The number of nitrogens with zero attached hydrogens (tertiary/aromatic N) is 3. The molecule has 8 heteroatoms. The SMILES string of the molecule is COc1cc(OC)nc(NC2CCN(CC(N)=O)CC2)n1. The Morgan fingerprint density at radius 2 is 1.90 bits per heavy atom. The van der Waals surface area contributed by atoms with E-state index in [9.17, 15) is 4.79 Å². The number of piperidine rings is 1. The largest absolute Gasteiger partial charge is 0.481 e. The van der Waals surface area contributed by atoms with Crippen molar-refractivity contribution in [2.45, 2.75) is 18.9 Å². The third-order valence-corrected chi connectivity index (χ3v) is 3.40. The summed E-state index contributed by atoms with van der Waals surface area (Å²) in [5, 5.41) is 3.28. The number of nitrogens with one attached hydrogen (secondary N) is 1. The molecule has 21 heavy (non-hydrogen) atoms. The van der Waals surface area contributed by atoms with E-state index in [2.05, 4.69) is 15.3 Å². The van der Waals surface area contributed by atoms with Crippen LogP contribution in [0.5, 0.6) is 11.8 Å². The van der Waals surface area contributed by atoms with Crippen LogP contribution in [0.1, 0.15) is 12.8 Å². The number of amides is 1. The van der Waals surface area contributed by atoms with Crippen LogP contribution in [0.25, 0.3) is 0 Å². The molecule has 0 radical (unpaired) electrons. The van der Waals surface area contributed by atoms with E-state index >= 15 is 0 Å². The molecule has 1 aliphatic heterocycles. The van der Waals surface area contributed by atoms with Crippen molar-refractivity contribution < 1.29 is 14.3 Å². The Balaban J connectivity index is 1.92. The highest BCUT2D eigenvalue weighted by atomic mass is 16.5. The zero-order valence-electron chi connectivity index (χ0n) is 12.3. The minimum atomic E-state index is -0.290. The van der Waals surface area contributed by atoms with Crippen molar-refractivity contribution in [3.63, 3.8) is 0 Å². The molecule has 0 aliphatic carbocycles. The van der Waals surface area contributed by atoms with Crippen LogP contribution >= 0.6 is 0 Å². The van der Waals surface area contributed by atoms with Crippen molar-refractivity contribution in [3.8, 4) is 11.8 Å². The Labute approximate surface area is 123 Å². The standard InChI is InChI=1S/C13H21N5O3/c1-20-11-7-12(21-2)17-13(16-11)15-9-3-5-18(6-4-9)8-10(14)19/h7,9H,3-6,8H2,1-2H3,(H2,14,19)(H,15,16,17). The van der Waals surface area contributed by atoms with E-state index in [1.54, 1.807) is 20.3 Å². The molecule has 0 saturated carbocycles. The van der Waals surface area contributed by atoms with Gasteiger partial charge in [0, 0.05) is 19.1 Å². The molecule has 0 bridgehead atoms. The lowest BCUT2D eigenvalue weighted by Crippen LogP contribution is -2.43. The lowest BCUT2D eigenvalue weighted by atomic mass is 10.1. The fourth-order valence-corrected chi connectivity index (χ4v) is 2.32. The van der Waals surface area contributed by atoms with E-state index in [0.29, 0.717) is 24.3 Å². The van der Waals surface area contributed by atoms with Crippen molar-refractivity contribution in [3.05, 3.63) is 6.07 Å². The lowest BCUT2D eigenvalue weighted by molar-refractivity contribution is -0.119. The van der Waals surface area contributed by atoms with Gasteiger partial charge in [-0.25, -0.2) is 0 Å². The third-order valence-electron chi connectivity index (χ3n) is 3.40. The van der Waals surface area contributed by atoms with Crippen molar-refractivity contribution in [2.24, 2.45) is 5.73 Å². The van der Waals surface area contributed by atoms with E-state index in [4.69, 9.17) is 15.2 Å². The van der Waals surface area contributed by atoms with Crippen molar-refractivity contribution in [1.29, 1.82) is 0 Å². The zero-order chi connectivity index (χ0) is 15.2. The van der Waals surface area contributed by atoms with Crippen LogP contribution in [0, 0.1) is 0 Å². The van der Waals surface area contributed by atoms with Gasteiger partial charge in [0.1, 0.15) is 0 Å². The molecule has 0 unspecified atom stereocenters. The maximum Gasteiger partial charge on any atom is 0.231 e. The number of hydrogen-bond donors (Lipinski definition) is 2. The summed E-state index contributed by atoms with van der Waals surface area (Å²) in [5.41, 5.74) is 5.20. The zero-order valence-corrected chi connectivity index (χ0v) is 12.3. The second-order valence-electron chi connectivity index (χ2n) is 4.94. The predicted octanol–water partition coefficient (Wildman–Crippen LogP) is -0.145. The average molecular weight is 295 g/mol. The molecule has 1 aromatic rings. The molecule has 0 spiro atoms. The summed E-state index contributed by atoms with van der Waals surface area (Å²) in [7, 11) is 3.10. The first kappa shape index (κ1) is 15.3. The number of methoxy groups -OCH3 is 2. The number of anilines is 1. The molecule has 1 fully saturated rings. The highest BCUT2D eigenvalue weighted by Crippen LogP contribution is 2.20. The minimum Gasteiger partial charge on any atom is -0.481 e. The number of primary amides is 1. The van der Waals surface area contributed by atoms with Gasteiger partial charge in [0.05, 0.1) is 26.8 Å². The molecule has 116 valence electrons. The second kappa shape index (κ2) is 7.07. The molecule has 1 saturated heterocycles. The van der Waals surface area contributed by atoms with Gasteiger partial charge in [-0.3, -0.25) is 9.69 Å². The number of nitrogens with two attached hydrogens (primary N) is 1. The van der Waals surface area contributed by atoms with Gasteiger partial charge in [-0.05, 0) is 12.8 Å². The van der Waals surface area contributed by atoms with Gasteiger partial charge in [0.2, 0.25) is 23.6 Å². The molecular weight excluding hydrogens is 274 g/mol. The second-order valence-corrected chi connectivity index (χ2v) is 4.94. The highest BCUT2D eigenvalue weighted by molar-refractivity contribution is 5.75. The summed E-state index contributed by atoms with van der Waals surface area (Å²) >= 11 is 0. The Bertz CT molecular complexity index is 466. The van der Waals surface area contributed by atoms with E-state index in [-0.39, 0.29) is 11.9 Å². The summed E-state index contributed by atoms with van der Waals surface area (Å²) in [6.07, 6.45) is 1.80. The van der Waals surface area contributed by atoms with E-state index in [1.807, 2.05) is 4.90 Å². The smallest absolute Gasteiger partial charge is 0.231 e. The van der Waals surface area contributed by atoms with Crippen LogP contribution in [0.15, 0.2) is 6.07 Å². The fraction of sp³-hybridized carbons (Fsp3) is 0.615. The van der Waals surface area contributed by atoms with Crippen molar-refractivity contribution >= 4 is 11.9 Å². The highest BCUT2D eigenvalue weighted by Gasteiger charge is 2.21. The first-order chi connectivity index (χ1) is 10.1. The molecule has 8 nitrogen and oxygen atoms in total. The van der Waals surface area contributed by atoms with Gasteiger partial charge in [0.15, 0.2) is 0 Å². The van der Waals surface area contributed by atoms with Gasteiger partial charge < -0.3 is 20.5 Å². The van der Waals surface area contributed by atoms with E-state index in [0.717, 1.165) is 25.9 Å². The number of rotatable bonds is 6. The van der Waals surface area contributed by atoms with Crippen LogP contribution in [-0.2, 0) is 4.79 Å². The van der Waals surface area contributed by atoms with Crippen LogP contribution in [0.4, 0.5) is 5.95 Å². The fourth-order valence-electron chi connectivity index (χ4n) is 2.32. The topological polar surface area (TPSA) is 103 Å². The monoisotopic (exact) mass is 295 g/mol. The van der Waals surface area contributed by atoms with Crippen LogP contribution in [0.3, 0.4) is 0 Å². The maximum absolute atomic E-state index is 10.9. The lowest BCUT2D eigenvalue weighted by Gasteiger charge is -2.31. The number of carbonyl (C=O) groups is 1. The third kappa shape index (κ3) is 4.45. The molecule has 2 rings (SSSR count). The quantitative estimate of drug-likeness (QED) is 0.752. The molecular formula is C13H21N5O3. The van der Waals surface area contributed by atoms with Gasteiger partial charge in [0.25, 0.3) is 0 Å². The minimum absolute atomic E-state index is 0.255. The Morgan fingerprint density at radius 3 is 2.38 bits per heavy atom. The summed E-state index contributed by atoms with van der Waals surface area (Å²) in [6, 6.07) is 1.88. The van der Waals surface area contributed by atoms with Gasteiger partial charge in [-0.1, -0.05) is 0 Å². The Hall–Kier alpha value is -2.09. The molecule has 1 amide bonds. The van der Waals surface area contributed by atoms with Crippen LogP contribution in [0.2, 0.25) is 0 Å². The number of aromatic nitrogens is 2. The van der Waals surface area contributed by atoms with Crippen molar-refractivity contribution in [1.82, 2.24) is 14.9 Å². The average Bonchev–Trinajstić information content (AvgIpc) is 2.48. The van der Waals surface area contributed by atoms with Gasteiger partial charge in [-0.2, -0.15) is 9.97 Å². The summed E-state index contributed by atoms with van der Waals surface area (Å²) in [5.74, 6) is 1.10. The van der Waals surface area contributed by atoms with Gasteiger partial charge >= 0.3 is 0 Å².